The number of aromatic nitrogens is 1. The van der Waals surface area contributed by atoms with Gasteiger partial charge in [0.15, 0.2) is 0 Å². The van der Waals surface area contributed by atoms with E-state index in [1.807, 2.05) is 24.5 Å². The fourth-order valence-corrected chi connectivity index (χ4v) is 4.09. The van der Waals surface area contributed by atoms with Crippen molar-refractivity contribution in [1.29, 1.82) is 0 Å². The van der Waals surface area contributed by atoms with Crippen molar-refractivity contribution in [2.24, 2.45) is 11.8 Å². The normalized spacial score (nSPS) is 24.8. The zero-order valence-corrected chi connectivity index (χ0v) is 14.6. The quantitative estimate of drug-likeness (QED) is 0.832. The molecule has 1 aliphatic carbocycles. The number of amides is 1. The first-order valence-corrected chi connectivity index (χ1v) is 9.57. The molecule has 0 spiro atoms. The fourth-order valence-electron chi connectivity index (χ4n) is 4.09. The van der Waals surface area contributed by atoms with E-state index in [4.69, 9.17) is 4.74 Å². The molecule has 2 heterocycles. The van der Waals surface area contributed by atoms with Gasteiger partial charge in [-0.25, -0.2) is 0 Å². The Bertz CT molecular complexity index is 500. The highest BCUT2D eigenvalue weighted by Crippen LogP contribution is 2.27. The number of nitrogens with one attached hydrogen (secondary N) is 1. The molecule has 4 nitrogen and oxygen atoms in total. The number of rotatable bonds is 7. The van der Waals surface area contributed by atoms with Crippen LogP contribution < -0.4 is 5.32 Å². The number of nitrogens with zero attached hydrogens (tertiary/aromatic N) is 1. The van der Waals surface area contributed by atoms with Crippen LogP contribution in [0.4, 0.5) is 0 Å². The summed E-state index contributed by atoms with van der Waals surface area (Å²) in [5.41, 5.74) is 1.26. The largest absolute Gasteiger partial charge is 0.379 e. The highest BCUT2D eigenvalue weighted by molar-refractivity contribution is 5.76. The molecule has 2 fully saturated rings. The zero-order chi connectivity index (χ0) is 16.6. The van der Waals surface area contributed by atoms with Crippen LogP contribution in [0.15, 0.2) is 24.5 Å². The van der Waals surface area contributed by atoms with E-state index in [1.165, 1.54) is 44.1 Å². The number of carbonyl (C=O) groups is 1. The topological polar surface area (TPSA) is 51.2 Å². The predicted molar refractivity (Wildman–Crippen MR) is 94.6 cm³/mol. The predicted octanol–water partition coefficient (Wildman–Crippen LogP) is 3.51. The van der Waals surface area contributed by atoms with Gasteiger partial charge in [0, 0.05) is 24.7 Å². The monoisotopic (exact) mass is 330 g/mol. The third kappa shape index (κ3) is 5.30. The molecule has 0 aromatic carbocycles. The third-order valence-corrected chi connectivity index (χ3v) is 5.53. The molecule has 1 aromatic rings. The standard InChI is InChI=1S/C20H30N2O2/c23-20(8-4-7-16-5-2-1-3-6-16)22-19-15-24-14-18(19)13-17-9-11-21-12-10-17/h9-12,16,18-19H,1-8,13-15H2,(H,22,23)/t18-,19+/m1/s1. The van der Waals surface area contributed by atoms with Crippen molar-refractivity contribution >= 4 is 5.91 Å². The molecule has 1 amide bonds. The van der Waals surface area contributed by atoms with Gasteiger partial charge in [-0.1, -0.05) is 32.1 Å². The summed E-state index contributed by atoms with van der Waals surface area (Å²) in [7, 11) is 0. The Balaban J connectivity index is 1.38. The van der Waals surface area contributed by atoms with Gasteiger partial charge >= 0.3 is 0 Å². The minimum atomic E-state index is 0.153. The molecule has 1 aliphatic heterocycles. The van der Waals surface area contributed by atoms with E-state index in [1.54, 1.807) is 0 Å². The maximum atomic E-state index is 12.3. The van der Waals surface area contributed by atoms with Crippen molar-refractivity contribution in [2.75, 3.05) is 13.2 Å². The lowest BCUT2D eigenvalue weighted by atomic mass is 9.86. The molecule has 2 aliphatic rings. The number of pyridine rings is 1. The van der Waals surface area contributed by atoms with Crippen LogP contribution in [0.2, 0.25) is 0 Å². The van der Waals surface area contributed by atoms with Crippen LogP contribution in [0, 0.1) is 11.8 Å². The Morgan fingerprint density at radius 2 is 1.96 bits per heavy atom. The van der Waals surface area contributed by atoms with Crippen LogP contribution in [0.5, 0.6) is 0 Å². The molecule has 4 heteroatoms. The molecule has 0 radical (unpaired) electrons. The first kappa shape index (κ1) is 17.4. The Hall–Kier alpha value is -1.42. The van der Waals surface area contributed by atoms with E-state index in [0.29, 0.717) is 18.9 Å². The van der Waals surface area contributed by atoms with E-state index in [2.05, 4.69) is 10.3 Å². The van der Waals surface area contributed by atoms with E-state index in [-0.39, 0.29) is 11.9 Å². The summed E-state index contributed by atoms with van der Waals surface area (Å²) < 4.78 is 5.61. The molecule has 1 saturated heterocycles. The Kier molecular flexibility index (Phi) is 6.65. The SMILES string of the molecule is O=C(CCCC1CCCCC1)N[C@H]1COC[C@H]1Cc1ccncc1. The van der Waals surface area contributed by atoms with Crippen molar-refractivity contribution in [1.82, 2.24) is 10.3 Å². The molecule has 0 bridgehead atoms. The van der Waals surface area contributed by atoms with Crippen LogP contribution in [0.1, 0.15) is 56.9 Å². The van der Waals surface area contributed by atoms with Gasteiger partial charge in [-0.3, -0.25) is 9.78 Å². The van der Waals surface area contributed by atoms with Crippen LogP contribution in [-0.4, -0.2) is 30.1 Å². The van der Waals surface area contributed by atoms with Gasteiger partial charge in [0.2, 0.25) is 5.91 Å². The lowest BCUT2D eigenvalue weighted by Crippen LogP contribution is -2.40. The molecule has 1 N–H and O–H groups in total. The Labute approximate surface area is 145 Å². The molecule has 132 valence electrons. The second-order valence-corrected chi connectivity index (χ2v) is 7.43. The summed E-state index contributed by atoms with van der Waals surface area (Å²) >= 11 is 0. The Morgan fingerprint density at radius 1 is 1.17 bits per heavy atom. The molecule has 0 unspecified atom stereocenters. The Morgan fingerprint density at radius 3 is 2.75 bits per heavy atom. The summed E-state index contributed by atoms with van der Waals surface area (Å²) in [6.07, 6.45) is 14.4. The molecular formula is C20H30N2O2. The first-order valence-electron chi connectivity index (χ1n) is 9.57. The van der Waals surface area contributed by atoms with Gasteiger partial charge < -0.3 is 10.1 Å². The van der Waals surface area contributed by atoms with Gasteiger partial charge in [0.1, 0.15) is 0 Å². The highest BCUT2D eigenvalue weighted by Gasteiger charge is 2.29. The van der Waals surface area contributed by atoms with E-state index in [0.717, 1.165) is 25.4 Å². The van der Waals surface area contributed by atoms with Crippen LogP contribution >= 0.6 is 0 Å². The number of hydrogen-bond donors (Lipinski definition) is 1. The second kappa shape index (κ2) is 9.16. The summed E-state index contributed by atoms with van der Waals surface area (Å²) in [5, 5.41) is 3.21. The van der Waals surface area contributed by atoms with E-state index < -0.39 is 0 Å². The minimum Gasteiger partial charge on any atom is -0.379 e. The van der Waals surface area contributed by atoms with Gasteiger partial charge in [0.05, 0.1) is 19.3 Å². The summed E-state index contributed by atoms with van der Waals surface area (Å²) in [6.45, 7) is 1.37. The van der Waals surface area contributed by atoms with Crippen molar-refractivity contribution in [2.45, 2.75) is 63.8 Å². The molecule has 1 aromatic heterocycles. The lowest BCUT2D eigenvalue weighted by molar-refractivity contribution is -0.122. The van der Waals surface area contributed by atoms with Crippen LogP contribution in [0.25, 0.3) is 0 Å². The number of carbonyl (C=O) groups excluding carboxylic acids is 1. The van der Waals surface area contributed by atoms with Crippen LogP contribution in [-0.2, 0) is 16.0 Å². The maximum absolute atomic E-state index is 12.3. The van der Waals surface area contributed by atoms with Crippen molar-refractivity contribution in [3.8, 4) is 0 Å². The first-order chi connectivity index (χ1) is 11.8. The summed E-state index contributed by atoms with van der Waals surface area (Å²) in [6, 6.07) is 4.24. The van der Waals surface area contributed by atoms with Crippen molar-refractivity contribution in [3.05, 3.63) is 30.1 Å². The smallest absolute Gasteiger partial charge is 0.220 e. The van der Waals surface area contributed by atoms with E-state index in [9.17, 15) is 4.79 Å². The van der Waals surface area contributed by atoms with Gasteiger partial charge in [-0.05, 0) is 42.9 Å². The molecular weight excluding hydrogens is 300 g/mol. The molecule has 2 atom stereocenters. The fraction of sp³-hybridized carbons (Fsp3) is 0.700. The van der Waals surface area contributed by atoms with Gasteiger partial charge in [0.25, 0.3) is 0 Å². The number of ether oxygens (including phenoxy) is 1. The molecule has 3 rings (SSSR count). The van der Waals surface area contributed by atoms with E-state index >= 15 is 0 Å². The third-order valence-electron chi connectivity index (χ3n) is 5.53. The summed E-state index contributed by atoms with van der Waals surface area (Å²) in [4.78, 5) is 16.3. The lowest BCUT2D eigenvalue weighted by Gasteiger charge is -2.22. The van der Waals surface area contributed by atoms with Crippen LogP contribution in [0.3, 0.4) is 0 Å². The maximum Gasteiger partial charge on any atom is 0.220 e. The van der Waals surface area contributed by atoms with Gasteiger partial charge in [-0.15, -0.1) is 0 Å². The average molecular weight is 330 g/mol. The number of hydrogen-bond acceptors (Lipinski definition) is 3. The second-order valence-electron chi connectivity index (χ2n) is 7.43. The average Bonchev–Trinajstić information content (AvgIpc) is 3.03. The molecule has 1 saturated carbocycles. The minimum absolute atomic E-state index is 0.153. The van der Waals surface area contributed by atoms with Crippen molar-refractivity contribution < 1.29 is 9.53 Å². The summed E-state index contributed by atoms with van der Waals surface area (Å²) in [5.74, 6) is 1.43. The zero-order valence-electron chi connectivity index (χ0n) is 14.6. The van der Waals surface area contributed by atoms with Gasteiger partial charge in [-0.2, -0.15) is 0 Å². The highest BCUT2D eigenvalue weighted by atomic mass is 16.5. The molecule has 24 heavy (non-hydrogen) atoms. The van der Waals surface area contributed by atoms with Crippen molar-refractivity contribution in [3.63, 3.8) is 0 Å².